The molecule has 1 aromatic heterocycles. The van der Waals surface area contributed by atoms with Gasteiger partial charge in [-0.3, -0.25) is 10.1 Å². The van der Waals surface area contributed by atoms with E-state index >= 15 is 0 Å². The number of aryl methyl sites for hydroxylation is 1. The minimum absolute atomic E-state index is 0.00419. The van der Waals surface area contributed by atoms with E-state index in [-0.39, 0.29) is 42.8 Å². The molecule has 198 valence electrons. The van der Waals surface area contributed by atoms with Crippen molar-refractivity contribution in [2.45, 2.75) is 38.1 Å². The first-order valence-electron chi connectivity index (χ1n) is 11.7. The number of aliphatic hydroxyl groups is 1. The molecule has 11 heteroatoms. The molecule has 0 saturated heterocycles. The van der Waals surface area contributed by atoms with E-state index < -0.39 is 18.0 Å². The van der Waals surface area contributed by atoms with E-state index in [0.717, 1.165) is 5.56 Å². The van der Waals surface area contributed by atoms with Crippen LogP contribution in [-0.2, 0) is 16.0 Å². The van der Waals surface area contributed by atoms with Crippen molar-refractivity contribution in [2.75, 3.05) is 25.6 Å². The number of benzene rings is 2. The van der Waals surface area contributed by atoms with Gasteiger partial charge in [0.05, 0.1) is 11.1 Å². The fourth-order valence-electron chi connectivity index (χ4n) is 3.64. The highest BCUT2D eigenvalue weighted by atomic mass is 35.5. The molecule has 0 unspecified atom stereocenters. The van der Waals surface area contributed by atoms with E-state index in [1.54, 1.807) is 49.5 Å². The number of likely N-dealkylation sites (N-methyl/N-ethyl adjacent to an activating group) is 1. The lowest BCUT2D eigenvalue weighted by molar-refractivity contribution is -0.132. The number of nitrogens with one attached hydrogen (secondary N) is 1. The molecule has 1 heterocycles. The van der Waals surface area contributed by atoms with Crippen molar-refractivity contribution in [3.8, 4) is 11.3 Å². The predicted octanol–water partition coefficient (Wildman–Crippen LogP) is 5.96. The van der Waals surface area contributed by atoms with Crippen LogP contribution in [-0.4, -0.2) is 53.5 Å². The number of rotatable bonds is 12. The van der Waals surface area contributed by atoms with Gasteiger partial charge in [0, 0.05) is 36.7 Å². The Balaban J connectivity index is 1.55. The number of hydrogen-bond donors (Lipinski definition) is 2. The third-order valence-electron chi connectivity index (χ3n) is 5.80. The Kier molecular flexibility index (Phi) is 10.7. The van der Waals surface area contributed by atoms with Gasteiger partial charge in [-0.2, -0.15) is 0 Å². The molecular formula is C26H28Cl2FN3O5. The summed E-state index contributed by atoms with van der Waals surface area (Å²) in [5, 5.41) is 16.0. The number of aliphatic hydroxyl groups excluding tert-OH is 1. The summed E-state index contributed by atoms with van der Waals surface area (Å²) in [7, 11) is 1.62. The lowest BCUT2D eigenvalue weighted by Crippen LogP contribution is -2.41. The first-order chi connectivity index (χ1) is 17.8. The van der Waals surface area contributed by atoms with Crippen LogP contribution < -0.4 is 5.32 Å². The zero-order valence-corrected chi connectivity index (χ0v) is 21.8. The highest BCUT2D eigenvalue weighted by Crippen LogP contribution is 2.24. The average molecular weight is 552 g/mol. The highest BCUT2D eigenvalue weighted by molar-refractivity contribution is 6.31. The minimum Gasteiger partial charge on any atom is -0.447 e. The number of amides is 2. The molecule has 2 N–H and O–H groups in total. The molecule has 2 amide bonds. The van der Waals surface area contributed by atoms with Crippen molar-refractivity contribution in [3.05, 3.63) is 70.0 Å². The van der Waals surface area contributed by atoms with Crippen molar-refractivity contribution in [2.24, 2.45) is 0 Å². The highest BCUT2D eigenvalue weighted by Gasteiger charge is 2.22. The van der Waals surface area contributed by atoms with Crippen LogP contribution in [0.1, 0.15) is 31.2 Å². The van der Waals surface area contributed by atoms with Gasteiger partial charge in [0.1, 0.15) is 12.4 Å². The number of halogens is 3. The Hall–Kier alpha value is -3.14. The van der Waals surface area contributed by atoms with Gasteiger partial charge in [0.25, 0.3) is 0 Å². The molecule has 0 spiro atoms. The lowest BCUT2D eigenvalue weighted by Gasteiger charge is -2.28. The van der Waals surface area contributed by atoms with Crippen molar-refractivity contribution >= 4 is 41.0 Å². The van der Waals surface area contributed by atoms with Gasteiger partial charge in [-0.25, -0.2) is 9.18 Å². The van der Waals surface area contributed by atoms with Crippen molar-refractivity contribution < 1.29 is 28.3 Å². The number of carbonyl (C=O) groups is 2. The van der Waals surface area contributed by atoms with E-state index in [1.165, 1.54) is 11.0 Å². The molecule has 0 aliphatic carbocycles. The smallest absolute Gasteiger partial charge is 0.412 e. The number of nitrogens with zero attached hydrogens (tertiary/aromatic N) is 2. The number of aromatic nitrogens is 1. The van der Waals surface area contributed by atoms with Gasteiger partial charge in [-0.05, 0) is 61.6 Å². The van der Waals surface area contributed by atoms with Crippen LogP contribution >= 0.6 is 23.2 Å². The van der Waals surface area contributed by atoms with Crippen LogP contribution in [0.2, 0.25) is 10.0 Å². The summed E-state index contributed by atoms with van der Waals surface area (Å²) < 4.78 is 24.3. The number of hydrogen-bond acceptors (Lipinski definition) is 6. The molecule has 3 aromatic rings. The number of anilines is 1. The van der Waals surface area contributed by atoms with Crippen LogP contribution in [0, 0.1) is 5.82 Å². The number of ether oxygens (including phenoxy) is 1. The van der Waals surface area contributed by atoms with Gasteiger partial charge >= 0.3 is 6.09 Å². The van der Waals surface area contributed by atoms with E-state index in [2.05, 4.69) is 10.5 Å². The molecule has 2 aromatic carbocycles. The van der Waals surface area contributed by atoms with Crippen LogP contribution in [0.25, 0.3) is 11.3 Å². The normalized spacial score (nSPS) is 11.7. The zero-order chi connectivity index (χ0) is 26.8. The SMILES string of the molecule is CN(C(=O)CCc1cccc(F)c1Cl)[C@@H](CCCCO)COC(=O)Nc1cc(-c2ccc(Cl)cc2)on1. The Bertz CT molecular complexity index is 1190. The molecule has 0 saturated carbocycles. The molecule has 0 radical (unpaired) electrons. The van der Waals surface area contributed by atoms with Gasteiger partial charge in [-0.15, -0.1) is 0 Å². The first kappa shape index (κ1) is 28.4. The van der Waals surface area contributed by atoms with Crippen molar-refractivity contribution in [1.29, 1.82) is 0 Å². The topological polar surface area (TPSA) is 105 Å². The Morgan fingerprint density at radius 2 is 1.95 bits per heavy atom. The molecule has 37 heavy (non-hydrogen) atoms. The summed E-state index contributed by atoms with van der Waals surface area (Å²) in [5.41, 5.74) is 1.28. The van der Waals surface area contributed by atoms with Gasteiger partial charge in [0.15, 0.2) is 11.6 Å². The fraction of sp³-hybridized carbons (Fsp3) is 0.346. The predicted molar refractivity (Wildman–Crippen MR) is 139 cm³/mol. The van der Waals surface area contributed by atoms with Crippen LogP contribution in [0.15, 0.2) is 53.1 Å². The average Bonchev–Trinajstić information content (AvgIpc) is 3.35. The molecule has 1 atom stereocenters. The number of carbonyl (C=O) groups excluding carboxylic acids is 2. The van der Waals surface area contributed by atoms with Crippen molar-refractivity contribution in [1.82, 2.24) is 10.1 Å². The van der Waals surface area contributed by atoms with Gasteiger partial charge < -0.3 is 19.3 Å². The second-order valence-corrected chi connectivity index (χ2v) is 9.21. The monoisotopic (exact) mass is 551 g/mol. The molecule has 8 nitrogen and oxygen atoms in total. The van der Waals surface area contributed by atoms with E-state index in [4.69, 9.17) is 37.6 Å². The Morgan fingerprint density at radius 3 is 2.68 bits per heavy atom. The zero-order valence-electron chi connectivity index (χ0n) is 20.3. The number of unbranched alkanes of at least 4 members (excludes halogenated alkanes) is 1. The summed E-state index contributed by atoms with van der Waals surface area (Å²) in [4.78, 5) is 26.7. The van der Waals surface area contributed by atoms with E-state index in [0.29, 0.717) is 35.6 Å². The standard InChI is InChI=1S/C26H28Cl2FN3O5/c1-32(24(34)13-10-18-5-4-7-21(29)25(18)28)20(6-2-3-14-33)16-36-26(35)30-23-15-22(37-31-23)17-8-11-19(27)12-9-17/h4-5,7-9,11-12,15,20,33H,2-3,6,10,13-14,16H2,1H3,(H,30,31,35)/t20-/m0/s1. The second kappa shape index (κ2) is 14.0. The van der Waals surface area contributed by atoms with Crippen LogP contribution in [0.5, 0.6) is 0 Å². The molecule has 3 rings (SSSR count). The molecule has 0 aliphatic rings. The molecule has 0 aliphatic heterocycles. The first-order valence-corrected chi connectivity index (χ1v) is 12.5. The maximum atomic E-state index is 13.7. The maximum Gasteiger partial charge on any atom is 0.412 e. The molecular weight excluding hydrogens is 524 g/mol. The van der Waals surface area contributed by atoms with E-state index in [9.17, 15) is 14.0 Å². The Labute approximate surface area is 224 Å². The summed E-state index contributed by atoms with van der Waals surface area (Å²) in [6, 6.07) is 12.6. The lowest BCUT2D eigenvalue weighted by atomic mass is 10.1. The molecule has 0 fully saturated rings. The fourth-order valence-corrected chi connectivity index (χ4v) is 3.99. The quantitative estimate of drug-likeness (QED) is 0.269. The third kappa shape index (κ3) is 8.45. The third-order valence-corrected chi connectivity index (χ3v) is 6.48. The summed E-state index contributed by atoms with van der Waals surface area (Å²) in [5.74, 6) is -0.128. The summed E-state index contributed by atoms with van der Waals surface area (Å²) >= 11 is 11.9. The maximum absolute atomic E-state index is 13.7. The van der Waals surface area contributed by atoms with Gasteiger partial charge in [-0.1, -0.05) is 40.5 Å². The van der Waals surface area contributed by atoms with Crippen LogP contribution in [0.3, 0.4) is 0 Å². The second-order valence-electron chi connectivity index (χ2n) is 8.40. The van der Waals surface area contributed by atoms with Crippen molar-refractivity contribution in [3.63, 3.8) is 0 Å². The Morgan fingerprint density at radius 1 is 1.19 bits per heavy atom. The largest absolute Gasteiger partial charge is 0.447 e. The summed E-state index contributed by atoms with van der Waals surface area (Å²) in [6.45, 7) is -0.0476. The van der Waals surface area contributed by atoms with E-state index in [1.807, 2.05) is 0 Å². The summed E-state index contributed by atoms with van der Waals surface area (Å²) in [6.07, 6.45) is 1.32. The van der Waals surface area contributed by atoms with Crippen LogP contribution in [0.4, 0.5) is 15.0 Å². The van der Waals surface area contributed by atoms with Gasteiger partial charge in [0.2, 0.25) is 5.91 Å². The minimum atomic E-state index is -0.754. The molecule has 0 bridgehead atoms.